The Hall–Kier alpha value is -2.81. The zero-order chi connectivity index (χ0) is 22.2. The van der Waals surface area contributed by atoms with E-state index in [1.807, 2.05) is 9.80 Å². The van der Waals surface area contributed by atoms with Crippen LogP contribution in [0, 0.1) is 31.1 Å². The van der Waals surface area contributed by atoms with Gasteiger partial charge in [-0.1, -0.05) is 18.2 Å². The maximum absolute atomic E-state index is 13.5. The van der Waals surface area contributed by atoms with Gasteiger partial charge >= 0.3 is 6.03 Å². The Morgan fingerprint density at radius 2 is 1.75 bits per heavy atom. The largest absolute Gasteiger partial charge is 0.325 e. The third-order valence-electron chi connectivity index (χ3n) is 7.72. The second kappa shape index (κ2) is 8.61. The average molecular weight is 432 g/mol. The van der Waals surface area contributed by atoms with Gasteiger partial charge < -0.3 is 9.80 Å². The first-order valence-electron chi connectivity index (χ1n) is 12.1. The van der Waals surface area contributed by atoms with Crippen LogP contribution in [0.2, 0.25) is 0 Å². The van der Waals surface area contributed by atoms with Crippen LogP contribution in [0.4, 0.5) is 4.79 Å². The first kappa shape index (κ1) is 21.1. The van der Waals surface area contributed by atoms with Gasteiger partial charge in [0.2, 0.25) is 0 Å². The summed E-state index contributed by atoms with van der Waals surface area (Å²) in [6.07, 6.45) is 5.08. The number of rotatable bonds is 3. The van der Waals surface area contributed by atoms with Gasteiger partial charge in [0.15, 0.2) is 0 Å². The van der Waals surface area contributed by atoms with E-state index < -0.39 is 0 Å². The highest BCUT2D eigenvalue weighted by Crippen LogP contribution is 2.41. The number of amides is 2. The summed E-state index contributed by atoms with van der Waals surface area (Å²) in [4.78, 5) is 17.5. The first-order valence-corrected chi connectivity index (χ1v) is 12.1. The van der Waals surface area contributed by atoms with Crippen molar-refractivity contribution < 1.29 is 4.79 Å². The van der Waals surface area contributed by atoms with Crippen LogP contribution in [0.5, 0.6) is 0 Å². The van der Waals surface area contributed by atoms with Crippen molar-refractivity contribution in [2.45, 2.75) is 63.7 Å². The summed E-state index contributed by atoms with van der Waals surface area (Å²) in [5.41, 5.74) is 6.27. The lowest BCUT2D eigenvalue weighted by atomic mass is 9.82. The van der Waals surface area contributed by atoms with Crippen LogP contribution in [0.1, 0.15) is 77.9 Å². The second-order valence-electron chi connectivity index (χ2n) is 10.1. The maximum atomic E-state index is 13.5. The SMILES string of the molecule is Cc1ccc(C2CC(c3cc(C4CC4)[nH]n3)CN(C(=O)N3CCC(C#N)CC3)C2)cc1C. The molecule has 1 aromatic heterocycles. The monoisotopic (exact) mass is 431 g/mol. The molecule has 2 saturated heterocycles. The smallest absolute Gasteiger partial charge is 0.320 e. The Morgan fingerprint density at radius 3 is 2.44 bits per heavy atom. The fraction of sp³-hybridized carbons (Fsp3) is 0.577. The molecule has 2 unspecified atom stereocenters. The van der Waals surface area contributed by atoms with Gasteiger partial charge in [0.1, 0.15) is 0 Å². The summed E-state index contributed by atoms with van der Waals surface area (Å²) in [7, 11) is 0. The Balaban J connectivity index is 1.38. The Labute approximate surface area is 190 Å². The van der Waals surface area contributed by atoms with Crippen molar-refractivity contribution in [2.75, 3.05) is 26.2 Å². The van der Waals surface area contributed by atoms with E-state index in [4.69, 9.17) is 0 Å². The first-order chi connectivity index (χ1) is 15.5. The van der Waals surface area contributed by atoms with Gasteiger partial charge in [0.25, 0.3) is 0 Å². The van der Waals surface area contributed by atoms with Crippen molar-refractivity contribution in [3.05, 3.63) is 52.3 Å². The molecular weight excluding hydrogens is 398 g/mol. The molecule has 1 N–H and O–H groups in total. The van der Waals surface area contributed by atoms with E-state index in [0.29, 0.717) is 31.5 Å². The zero-order valence-corrected chi connectivity index (χ0v) is 19.2. The number of likely N-dealkylation sites (tertiary alicyclic amines) is 2. The molecule has 0 spiro atoms. The molecule has 3 aliphatic rings. The van der Waals surface area contributed by atoms with Gasteiger partial charge in [-0.25, -0.2) is 4.79 Å². The molecule has 3 heterocycles. The summed E-state index contributed by atoms with van der Waals surface area (Å²) in [5.74, 6) is 1.27. The number of nitriles is 1. The van der Waals surface area contributed by atoms with Crippen LogP contribution in [0.25, 0.3) is 0 Å². The van der Waals surface area contributed by atoms with Gasteiger partial charge in [-0.05, 0) is 68.7 Å². The molecule has 6 heteroatoms. The van der Waals surface area contributed by atoms with E-state index in [-0.39, 0.29) is 17.9 Å². The van der Waals surface area contributed by atoms with Crippen molar-refractivity contribution in [2.24, 2.45) is 5.92 Å². The summed E-state index contributed by atoms with van der Waals surface area (Å²) >= 11 is 0. The van der Waals surface area contributed by atoms with Crippen LogP contribution in [0.3, 0.4) is 0 Å². The third kappa shape index (κ3) is 4.26. The lowest BCUT2D eigenvalue weighted by Crippen LogP contribution is -2.51. The number of aryl methyl sites for hydroxylation is 2. The number of hydrogen-bond donors (Lipinski definition) is 1. The third-order valence-corrected chi connectivity index (χ3v) is 7.72. The van der Waals surface area contributed by atoms with Crippen molar-refractivity contribution in [3.8, 4) is 6.07 Å². The quantitative estimate of drug-likeness (QED) is 0.756. The summed E-state index contributed by atoms with van der Waals surface area (Å²) in [6, 6.07) is 11.5. The number of benzene rings is 1. The molecule has 6 nitrogen and oxygen atoms in total. The van der Waals surface area contributed by atoms with Crippen LogP contribution in [-0.4, -0.2) is 52.2 Å². The van der Waals surface area contributed by atoms with Crippen LogP contribution in [-0.2, 0) is 0 Å². The number of nitrogens with one attached hydrogen (secondary N) is 1. The molecule has 1 saturated carbocycles. The van der Waals surface area contributed by atoms with Crippen molar-refractivity contribution in [1.29, 1.82) is 5.26 Å². The molecule has 0 radical (unpaired) electrons. The van der Waals surface area contributed by atoms with Gasteiger partial charge in [-0.15, -0.1) is 0 Å². The Morgan fingerprint density at radius 1 is 1.00 bits per heavy atom. The normalized spacial score (nSPS) is 24.4. The number of carbonyl (C=O) groups is 1. The standard InChI is InChI=1S/C26H33N5O/c1-17-3-4-21(11-18(17)2)22-12-23(25-13-24(28-29-25)20-5-6-20)16-31(15-22)26(32)30-9-7-19(14-27)8-10-30/h3-4,11,13,19-20,22-23H,5-10,12,15-16H2,1-2H3,(H,28,29). The molecule has 5 rings (SSSR count). The van der Waals surface area contributed by atoms with Gasteiger partial charge in [0, 0.05) is 55.5 Å². The maximum Gasteiger partial charge on any atom is 0.320 e. The molecule has 2 atom stereocenters. The van der Waals surface area contributed by atoms with Crippen molar-refractivity contribution in [3.63, 3.8) is 0 Å². The number of urea groups is 1. The fourth-order valence-electron chi connectivity index (χ4n) is 5.30. The molecule has 3 fully saturated rings. The van der Waals surface area contributed by atoms with Crippen LogP contribution >= 0.6 is 0 Å². The molecule has 2 aromatic rings. The van der Waals surface area contributed by atoms with E-state index in [1.54, 1.807) is 0 Å². The molecule has 0 bridgehead atoms. The highest BCUT2D eigenvalue weighted by atomic mass is 16.2. The van der Waals surface area contributed by atoms with Crippen LogP contribution < -0.4 is 0 Å². The number of nitrogens with zero attached hydrogens (tertiary/aromatic N) is 4. The minimum absolute atomic E-state index is 0.0846. The lowest BCUT2D eigenvalue weighted by Gasteiger charge is -2.41. The van der Waals surface area contributed by atoms with E-state index in [2.05, 4.69) is 54.4 Å². The van der Waals surface area contributed by atoms with Crippen molar-refractivity contribution >= 4 is 6.03 Å². The number of aromatic nitrogens is 2. The predicted octanol–water partition coefficient (Wildman–Crippen LogP) is 4.83. The number of piperidine rings is 2. The van der Waals surface area contributed by atoms with E-state index in [1.165, 1.54) is 35.2 Å². The summed E-state index contributed by atoms with van der Waals surface area (Å²) in [5, 5.41) is 17.1. The second-order valence-corrected chi connectivity index (χ2v) is 10.1. The minimum atomic E-state index is 0.0846. The molecule has 1 aliphatic carbocycles. The molecular formula is C26H33N5O. The average Bonchev–Trinajstić information content (AvgIpc) is 3.56. The molecule has 2 amide bonds. The van der Waals surface area contributed by atoms with E-state index in [9.17, 15) is 10.1 Å². The lowest BCUT2D eigenvalue weighted by molar-refractivity contribution is 0.120. The van der Waals surface area contributed by atoms with Crippen molar-refractivity contribution in [1.82, 2.24) is 20.0 Å². The molecule has 1 aromatic carbocycles. The topological polar surface area (TPSA) is 76.0 Å². The Bertz CT molecular complexity index is 1030. The summed E-state index contributed by atoms with van der Waals surface area (Å²) < 4.78 is 0. The number of carbonyl (C=O) groups excluding carboxylic acids is 1. The van der Waals surface area contributed by atoms with Gasteiger partial charge in [-0.3, -0.25) is 5.10 Å². The highest BCUT2D eigenvalue weighted by molar-refractivity contribution is 5.75. The molecule has 32 heavy (non-hydrogen) atoms. The zero-order valence-electron chi connectivity index (χ0n) is 19.2. The summed E-state index contributed by atoms with van der Waals surface area (Å²) in [6.45, 7) is 7.13. The van der Waals surface area contributed by atoms with Crippen LogP contribution in [0.15, 0.2) is 24.3 Å². The molecule has 168 valence electrons. The van der Waals surface area contributed by atoms with E-state index in [0.717, 1.165) is 31.5 Å². The van der Waals surface area contributed by atoms with E-state index >= 15 is 0 Å². The number of hydrogen-bond acceptors (Lipinski definition) is 3. The van der Waals surface area contributed by atoms with Gasteiger partial charge in [-0.2, -0.15) is 10.4 Å². The molecule has 2 aliphatic heterocycles. The number of H-pyrrole nitrogens is 1. The Kier molecular flexibility index (Phi) is 5.67. The highest BCUT2D eigenvalue weighted by Gasteiger charge is 2.36. The van der Waals surface area contributed by atoms with Gasteiger partial charge in [0.05, 0.1) is 11.8 Å². The predicted molar refractivity (Wildman–Crippen MR) is 123 cm³/mol. The number of aromatic amines is 1. The fourth-order valence-corrected chi connectivity index (χ4v) is 5.30. The minimum Gasteiger partial charge on any atom is -0.325 e.